The summed E-state index contributed by atoms with van der Waals surface area (Å²) in [6.45, 7) is 1.44. The number of amides is 1. The lowest BCUT2D eigenvalue weighted by atomic mass is 10.2. The van der Waals surface area contributed by atoms with Crippen LogP contribution in [-0.2, 0) is 11.3 Å². The molecule has 0 unspecified atom stereocenters. The van der Waals surface area contributed by atoms with E-state index in [0.717, 1.165) is 31.2 Å². The summed E-state index contributed by atoms with van der Waals surface area (Å²) >= 11 is 0. The average Bonchev–Trinajstić information content (AvgIpc) is 2.49. The number of hydrogen-bond acceptors (Lipinski definition) is 3. The lowest BCUT2D eigenvalue weighted by molar-refractivity contribution is 0.139. The highest BCUT2D eigenvalue weighted by Gasteiger charge is 2.01. The van der Waals surface area contributed by atoms with Gasteiger partial charge in [-0.25, -0.2) is 4.79 Å². The maximum atomic E-state index is 11.4. The number of carbonyl (C=O) groups excluding carboxylic acids is 1. The third-order valence-electron chi connectivity index (χ3n) is 2.73. The maximum absolute atomic E-state index is 11.4. The lowest BCUT2D eigenvalue weighted by Crippen LogP contribution is -2.25. The first-order chi connectivity index (χ1) is 9.83. The molecule has 0 radical (unpaired) electrons. The van der Waals surface area contributed by atoms with Crippen molar-refractivity contribution in [2.45, 2.75) is 32.3 Å². The highest BCUT2D eigenvalue weighted by molar-refractivity contribution is 5.67. The molecule has 0 aliphatic heterocycles. The molecule has 0 aliphatic rings. The Bertz CT molecular complexity index is 430. The van der Waals surface area contributed by atoms with Gasteiger partial charge in [0.05, 0.1) is 0 Å². The number of alkyl carbamates (subject to hydrolysis) is 1. The van der Waals surface area contributed by atoms with Gasteiger partial charge in [0.1, 0.15) is 6.61 Å². The molecule has 1 aromatic rings. The molecule has 1 N–H and O–H groups in total. The first-order valence-corrected chi connectivity index (χ1v) is 6.78. The van der Waals surface area contributed by atoms with Crippen molar-refractivity contribution in [1.82, 2.24) is 5.32 Å². The fraction of sp³-hybridized carbons (Fsp3) is 0.500. The van der Waals surface area contributed by atoms with Crippen molar-refractivity contribution < 1.29 is 9.53 Å². The monoisotopic (exact) mass is 276 g/mol. The minimum atomic E-state index is -0.386. The largest absolute Gasteiger partial charge is 0.445 e. The number of hydrogen-bond donors (Lipinski definition) is 1. The lowest BCUT2D eigenvalue weighted by Gasteiger charge is -2.06. The summed E-state index contributed by atoms with van der Waals surface area (Å²) in [5.74, 6) is 0. The number of nitrogens with one attached hydrogen (secondary N) is 1. The number of ether oxygens (including phenoxy) is 1. The minimum Gasteiger partial charge on any atom is -0.445 e. The first kappa shape index (κ1) is 15.9. The number of unbranched alkanes of at least 4 members (excludes halogenated alkanes) is 3. The molecule has 0 fully saturated rings. The third-order valence-corrected chi connectivity index (χ3v) is 2.73. The summed E-state index contributed by atoms with van der Waals surface area (Å²) in [5, 5.41) is 6.17. The molecule has 108 valence electrons. The van der Waals surface area contributed by atoms with Crippen LogP contribution in [0.25, 0.3) is 10.4 Å². The van der Waals surface area contributed by atoms with E-state index in [1.54, 1.807) is 0 Å². The van der Waals surface area contributed by atoms with Gasteiger partial charge in [0.25, 0.3) is 0 Å². The second kappa shape index (κ2) is 10.7. The molecule has 0 atom stereocenters. The van der Waals surface area contributed by atoms with Gasteiger partial charge in [0.2, 0.25) is 0 Å². The smallest absolute Gasteiger partial charge is 0.407 e. The molecule has 6 nitrogen and oxygen atoms in total. The van der Waals surface area contributed by atoms with Crippen LogP contribution in [0, 0.1) is 0 Å². The third kappa shape index (κ3) is 8.00. The molecule has 1 rings (SSSR count). The average molecular weight is 276 g/mol. The van der Waals surface area contributed by atoms with Crippen molar-refractivity contribution in [3.8, 4) is 0 Å². The summed E-state index contributed by atoms with van der Waals surface area (Å²) in [7, 11) is 0. The van der Waals surface area contributed by atoms with Crippen LogP contribution < -0.4 is 5.32 Å². The molecular weight excluding hydrogens is 256 g/mol. The standard InChI is InChI=1S/C14H20N4O2/c15-18-17-11-7-2-1-6-10-16-14(19)20-12-13-8-4-3-5-9-13/h3-5,8-9H,1-2,6-7,10-12H2,(H,16,19). The van der Waals surface area contributed by atoms with Gasteiger partial charge in [-0.2, -0.15) is 0 Å². The second-order valence-electron chi connectivity index (χ2n) is 4.36. The zero-order chi connectivity index (χ0) is 14.5. The fourth-order valence-corrected chi connectivity index (χ4v) is 1.67. The predicted molar refractivity (Wildman–Crippen MR) is 77.1 cm³/mol. The van der Waals surface area contributed by atoms with E-state index in [4.69, 9.17) is 10.3 Å². The molecule has 0 bridgehead atoms. The van der Waals surface area contributed by atoms with Crippen molar-refractivity contribution in [2.24, 2.45) is 5.11 Å². The van der Waals surface area contributed by atoms with Crippen LogP contribution in [0.2, 0.25) is 0 Å². The van der Waals surface area contributed by atoms with Gasteiger partial charge in [-0.15, -0.1) is 0 Å². The topological polar surface area (TPSA) is 87.1 Å². The normalized spacial score (nSPS) is 9.60. The van der Waals surface area contributed by atoms with Crippen LogP contribution in [0.1, 0.15) is 31.2 Å². The Morgan fingerprint density at radius 2 is 1.95 bits per heavy atom. The van der Waals surface area contributed by atoms with Crippen LogP contribution in [0.3, 0.4) is 0 Å². The Kier molecular flexibility index (Phi) is 8.48. The Morgan fingerprint density at radius 3 is 2.70 bits per heavy atom. The summed E-state index contributed by atoms with van der Waals surface area (Å²) in [6, 6.07) is 9.57. The predicted octanol–water partition coefficient (Wildman–Crippen LogP) is 3.78. The number of nitrogens with zero attached hydrogens (tertiary/aromatic N) is 3. The van der Waals surface area contributed by atoms with E-state index in [0.29, 0.717) is 19.7 Å². The highest BCUT2D eigenvalue weighted by Crippen LogP contribution is 2.01. The van der Waals surface area contributed by atoms with E-state index >= 15 is 0 Å². The Morgan fingerprint density at radius 1 is 1.20 bits per heavy atom. The van der Waals surface area contributed by atoms with Crippen molar-refractivity contribution in [3.05, 3.63) is 46.3 Å². The fourth-order valence-electron chi connectivity index (χ4n) is 1.67. The van der Waals surface area contributed by atoms with E-state index in [-0.39, 0.29) is 6.09 Å². The van der Waals surface area contributed by atoms with E-state index in [1.807, 2.05) is 30.3 Å². The first-order valence-electron chi connectivity index (χ1n) is 6.78. The van der Waals surface area contributed by atoms with Gasteiger partial charge in [-0.1, -0.05) is 48.3 Å². The Balaban J connectivity index is 1.96. The molecule has 1 aromatic carbocycles. The van der Waals surface area contributed by atoms with E-state index < -0.39 is 0 Å². The van der Waals surface area contributed by atoms with E-state index in [2.05, 4.69) is 15.3 Å². The molecule has 0 heterocycles. The number of carbonyl (C=O) groups is 1. The van der Waals surface area contributed by atoms with Gasteiger partial charge >= 0.3 is 6.09 Å². The Hall–Kier alpha value is -2.20. The van der Waals surface area contributed by atoms with Crippen molar-refractivity contribution in [1.29, 1.82) is 0 Å². The minimum absolute atomic E-state index is 0.291. The number of rotatable bonds is 9. The molecule has 0 spiro atoms. The summed E-state index contributed by atoms with van der Waals surface area (Å²) in [4.78, 5) is 14.1. The van der Waals surface area contributed by atoms with Gasteiger partial charge in [-0.05, 0) is 23.9 Å². The molecule has 0 saturated heterocycles. The molecule has 20 heavy (non-hydrogen) atoms. The van der Waals surface area contributed by atoms with Gasteiger partial charge < -0.3 is 10.1 Å². The van der Waals surface area contributed by atoms with Crippen LogP contribution in [-0.4, -0.2) is 19.2 Å². The highest BCUT2D eigenvalue weighted by atomic mass is 16.5. The zero-order valence-corrected chi connectivity index (χ0v) is 11.5. The number of azide groups is 1. The van der Waals surface area contributed by atoms with Crippen molar-refractivity contribution in [2.75, 3.05) is 13.1 Å². The molecule has 0 aromatic heterocycles. The van der Waals surface area contributed by atoms with Crippen LogP contribution in [0.15, 0.2) is 35.4 Å². The Labute approximate surface area is 118 Å². The van der Waals surface area contributed by atoms with Crippen LogP contribution >= 0.6 is 0 Å². The number of benzene rings is 1. The zero-order valence-electron chi connectivity index (χ0n) is 11.5. The molecule has 1 amide bonds. The molecule has 0 saturated carbocycles. The van der Waals surface area contributed by atoms with Crippen LogP contribution in [0.4, 0.5) is 4.79 Å². The maximum Gasteiger partial charge on any atom is 0.407 e. The van der Waals surface area contributed by atoms with E-state index in [1.165, 1.54) is 0 Å². The SMILES string of the molecule is [N-]=[N+]=NCCCCCCNC(=O)OCc1ccccc1. The summed E-state index contributed by atoms with van der Waals surface area (Å²) in [5.41, 5.74) is 9.07. The second-order valence-corrected chi connectivity index (χ2v) is 4.36. The molecular formula is C14H20N4O2. The van der Waals surface area contributed by atoms with Gasteiger partial charge in [0.15, 0.2) is 0 Å². The van der Waals surface area contributed by atoms with Crippen molar-refractivity contribution >= 4 is 6.09 Å². The van der Waals surface area contributed by atoms with Crippen LogP contribution in [0.5, 0.6) is 0 Å². The van der Waals surface area contributed by atoms with Crippen molar-refractivity contribution in [3.63, 3.8) is 0 Å². The summed E-state index contributed by atoms with van der Waals surface area (Å²) in [6.07, 6.45) is 3.40. The van der Waals surface area contributed by atoms with E-state index in [9.17, 15) is 4.79 Å². The van der Waals surface area contributed by atoms with Gasteiger partial charge in [-0.3, -0.25) is 0 Å². The quantitative estimate of drug-likeness (QED) is 0.322. The molecule has 0 aliphatic carbocycles. The molecule has 6 heteroatoms. The summed E-state index contributed by atoms with van der Waals surface area (Å²) < 4.78 is 5.08. The van der Waals surface area contributed by atoms with Gasteiger partial charge in [0, 0.05) is 18.0 Å².